The van der Waals surface area contributed by atoms with Gasteiger partial charge in [0.15, 0.2) is 0 Å². The Labute approximate surface area is 141 Å². The number of likely N-dealkylation sites (tertiary alicyclic amines) is 1. The zero-order valence-corrected chi connectivity index (χ0v) is 14.9. The molecule has 3 heterocycles. The molecule has 1 amide bonds. The molecule has 0 spiro atoms. The van der Waals surface area contributed by atoms with Crippen LogP contribution in [0, 0.1) is 20.8 Å². The van der Waals surface area contributed by atoms with Crippen LogP contribution in [0.5, 0.6) is 0 Å². The lowest BCUT2D eigenvalue weighted by molar-refractivity contribution is -0.135. The summed E-state index contributed by atoms with van der Waals surface area (Å²) in [4.78, 5) is 19.4. The van der Waals surface area contributed by atoms with Gasteiger partial charge in [0.05, 0.1) is 11.7 Å². The highest BCUT2D eigenvalue weighted by atomic mass is 32.1. The van der Waals surface area contributed by atoms with E-state index in [1.54, 1.807) is 11.3 Å². The molecule has 3 rings (SSSR count). The maximum absolute atomic E-state index is 12.8. The number of nitrogens with one attached hydrogen (secondary N) is 1. The van der Waals surface area contributed by atoms with Crippen molar-refractivity contribution in [2.24, 2.45) is 0 Å². The average molecular weight is 332 g/mol. The molecule has 1 aliphatic heterocycles. The maximum atomic E-state index is 12.8. The highest BCUT2D eigenvalue weighted by Gasteiger charge is 2.29. The van der Waals surface area contributed by atoms with Crippen molar-refractivity contribution in [2.75, 3.05) is 6.54 Å². The second-order valence-electron chi connectivity index (χ2n) is 6.34. The Kier molecular flexibility index (Phi) is 4.80. The van der Waals surface area contributed by atoms with Gasteiger partial charge in [-0.3, -0.25) is 9.89 Å². The second-order valence-corrected chi connectivity index (χ2v) is 7.23. The summed E-state index contributed by atoms with van der Waals surface area (Å²) in [5, 5.41) is 10.4. The van der Waals surface area contributed by atoms with Crippen LogP contribution in [0.3, 0.4) is 0 Å². The number of rotatable bonds is 4. The van der Waals surface area contributed by atoms with Crippen LogP contribution in [0.1, 0.15) is 59.4 Å². The molecular formula is C17H24N4OS. The van der Waals surface area contributed by atoms with E-state index in [9.17, 15) is 4.79 Å². The van der Waals surface area contributed by atoms with Crippen molar-refractivity contribution in [3.8, 4) is 0 Å². The van der Waals surface area contributed by atoms with Crippen LogP contribution in [0.4, 0.5) is 0 Å². The molecule has 1 N–H and O–H groups in total. The summed E-state index contributed by atoms with van der Waals surface area (Å²) in [7, 11) is 0. The predicted molar refractivity (Wildman–Crippen MR) is 91.5 cm³/mol. The molecule has 1 saturated heterocycles. The summed E-state index contributed by atoms with van der Waals surface area (Å²) < 4.78 is 0. The largest absolute Gasteiger partial charge is 0.333 e. The van der Waals surface area contributed by atoms with Gasteiger partial charge in [-0.1, -0.05) is 0 Å². The molecule has 0 aromatic carbocycles. The number of aryl methyl sites for hydroxylation is 3. The molecule has 1 aliphatic rings. The lowest BCUT2D eigenvalue weighted by Crippen LogP contribution is -2.38. The van der Waals surface area contributed by atoms with E-state index in [1.807, 2.05) is 25.7 Å². The van der Waals surface area contributed by atoms with E-state index >= 15 is 0 Å². The Morgan fingerprint density at radius 2 is 2.22 bits per heavy atom. The standard InChI is InChI=1S/C17H24N4OS/c1-11-10-23-17(18-11)15-6-4-5-9-21(15)16(22)8-7-14-12(2)19-20-13(14)3/h10,15H,4-9H2,1-3H3,(H,19,20). The molecule has 23 heavy (non-hydrogen) atoms. The van der Waals surface area contributed by atoms with Crippen LogP contribution >= 0.6 is 11.3 Å². The fourth-order valence-electron chi connectivity index (χ4n) is 3.33. The molecule has 1 unspecified atom stereocenters. The van der Waals surface area contributed by atoms with Crippen LogP contribution in [0.2, 0.25) is 0 Å². The first-order valence-corrected chi connectivity index (χ1v) is 9.16. The molecule has 2 aromatic heterocycles. The van der Waals surface area contributed by atoms with Crippen LogP contribution in [-0.4, -0.2) is 32.5 Å². The van der Waals surface area contributed by atoms with Crippen LogP contribution in [0.15, 0.2) is 5.38 Å². The average Bonchev–Trinajstić information content (AvgIpc) is 3.11. The topological polar surface area (TPSA) is 61.9 Å². The molecule has 124 valence electrons. The Balaban J connectivity index is 1.69. The van der Waals surface area contributed by atoms with E-state index in [0.717, 1.165) is 47.9 Å². The van der Waals surface area contributed by atoms with Gasteiger partial charge < -0.3 is 4.90 Å². The van der Waals surface area contributed by atoms with E-state index in [0.29, 0.717) is 6.42 Å². The number of piperidine rings is 1. The van der Waals surface area contributed by atoms with Gasteiger partial charge in [0.1, 0.15) is 5.01 Å². The molecule has 0 bridgehead atoms. The van der Waals surface area contributed by atoms with E-state index in [2.05, 4.69) is 20.6 Å². The van der Waals surface area contributed by atoms with Gasteiger partial charge in [0.2, 0.25) is 5.91 Å². The van der Waals surface area contributed by atoms with Gasteiger partial charge in [0.25, 0.3) is 0 Å². The van der Waals surface area contributed by atoms with Gasteiger partial charge in [-0.2, -0.15) is 5.10 Å². The Morgan fingerprint density at radius 1 is 1.39 bits per heavy atom. The van der Waals surface area contributed by atoms with Crippen molar-refractivity contribution in [1.82, 2.24) is 20.1 Å². The summed E-state index contributed by atoms with van der Waals surface area (Å²) in [6, 6.07) is 0.168. The quantitative estimate of drug-likeness (QED) is 0.932. The number of hydrogen-bond donors (Lipinski definition) is 1. The van der Waals surface area contributed by atoms with E-state index in [-0.39, 0.29) is 11.9 Å². The molecule has 1 fully saturated rings. The number of amides is 1. The summed E-state index contributed by atoms with van der Waals surface area (Å²) in [6.07, 6.45) is 4.60. The molecule has 5 nitrogen and oxygen atoms in total. The number of aromatic nitrogens is 3. The van der Waals surface area contributed by atoms with Crippen molar-refractivity contribution in [1.29, 1.82) is 0 Å². The van der Waals surface area contributed by atoms with Crippen molar-refractivity contribution in [2.45, 2.75) is 58.9 Å². The first-order valence-electron chi connectivity index (χ1n) is 8.28. The highest BCUT2D eigenvalue weighted by molar-refractivity contribution is 7.09. The molecule has 6 heteroatoms. The van der Waals surface area contributed by atoms with Gasteiger partial charge in [-0.15, -0.1) is 11.3 Å². The number of carbonyl (C=O) groups excluding carboxylic acids is 1. The minimum atomic E-state index is 0.168. The third kappa shape index (κ3) is 3.47. The van der Waals surface area contributed by atoms with Gasteiger partial charge >= 0.3 is 0 Å². The summed E-state index contributed by atoms with van der Waals surface area (Å²) in [6.45, 7) is 6.87. The first-order chi connectivity index (χ1) is 11.1. The maximum Gasteiger partial charge on any atom is 0.223 e. The molecule has 0 radical (unpaired) electrons. The van der Waals surface area contributed by atoms with Crippen molar-refractivity contribution in [3.05, 3.63) is 33.0 Å². The zero-order chi connectivity index (χ0) is 16.4. The van der Waals surface area contributed by atoms with Gasteiger partial charge in [-0.25, -0.2) is 4.98 Å². The molecular weight excluding hydrogens is 308 g/mol. The van der Waals surface area contributed by atoms with E-state index in [4.69, 9.17) is 0 Å². The zero-order valence-electron chi connectivity index (χ0n) is 14.1. The van der Waals surface area contributed by atoms with Crippen molar-refractivity contribution < 1.29 is 4.79 Å². The summed E-state index contributed by atoms with van der Waals surface area (Å²) in [5.74, 6) is 0.238. The van der Waals surface area contributed by atoms with Gasteiger partial charge in [-0.05, 0) is 52.0 Å². The predicted octanol–water partition coefficient (Wildman–Crippen LogP) is 3.48. The third-order valence-electron chi connectivity index (χ3n) is 4.61. The Bertz CT molecular complexity index is 671. The number of aromatic amines is 1. The first kappa shape index (κ1) is 16.2. The number of carbonyl (C=O) groups is 1. The smallest absolute Gasteiger partial charge is 0.223 e. The normalized spacial score (nSPS) is 18.4. The fraction of sp³-hybridized carbons (Fsp3) is 0.588. The van der Waals surface area contributed by atoms with Crippen LogP contribution < -0.4 is 0 Å². The second kappa shape index (κ2) is 6.83. The fourth-order valence-corrected chi connectivity index (χ4v) is 4.27. The molecule has 2 aromatic rings. The third-order valence-corrected chi connectivity index (χ3v) is 5.68. The van der Waals surface area contributed by atoms with Crippen LogP contribution in [-0.2, 0) is 11.2 Å². The molecule has 1 atom stereocenters. The number of hydrogen-bond acceptors (Lipinski definition) is 4. The van der Waals surface area contributed by atoms with Crippen molar-refractivity contribution in [3.63, 3.8) is 0 Å². The summed E-state index contributed by atoms with van der Waals surface area (Å²) >= 11 is 1.68. The molecule has 0 aliphatic carbocycles. The van der Waals surface area contributed by atoms with Gasteiger partial charge in [0, 0.05) is 29.7 Å². The van der Waals surface area contributed by atoms with E-state index < -0.39 is 0 Å². The Morgan fingerprint density at radius 3 is 2.87 bits per heavy atom. The summed E-state index contributed by atoms with van der Waals surface area (Å²) in [5.41, 5.74) is 4.30. The van der Waals surface area contributed by atoms with Crippen LogP contribution in [0.25, 0.3) is 0 Å². The lowest BCUT2D eigenvalue weighted by atomic mass is 10.0. The SMILES string of the molecule is Cc1csc(C2CCCCN2C(=O)CCc2c(C)n[nH]c2C)n1. The van der Waals surface area contributed by atoms with E-state index in [1.165, 1.54) is 12.0 Å². The minimum absolute atomic E-state index is 0.168. The number of thiazole rings is 1. The lowest BCUT2D eigenvalue weighted by Gasteiger charge is -2.34. The number of H-pyrrole nitrogens is 1. The molecule has 0 saturated carbocycles. The Hall–Kier alpha value is -1.69. The minimum Gasteiger partial charge on any atom is -0.333 e. The monoisotopic (exact) mass is 332 g/mol. The van der Waals surface area contributed by atoms with Crippen molar-refractivity contribution >= 4 is 17.2 Å². The highest BCUT2D eigenvalue weighted by Crippen LogP contribution is 2.33. The number of nitrogens with zero attached hydrogens (tertiary/aromatic N) is 3.